The Bertz CT molecular complexity index is 726. The second-order valence-corrected chi connectivity index (χ2v) is 5.55. The number of ether oxygens (including phenoxy) is 1. The van der Waals surface area contributed by atoms with Gasteiger partial charge in [0.15, 0.2) is 5.82 Å². The summed E-state index contributed by atoms with van der Waals surface area (Å²) >= 11 is 0. The van der Waals surface area contributed by atoms with Crippen molar-refractivity contribution < 1.29 is 14.3 Å². The van der Waals surface area contributed by atoms with Gasteiger partial charge in [0.05, 0.1) is 19.7 Å². The molecule has 1 aromatic heterocycles. The molecule has 8 heteroatoms. The van der Waals surface area contributed by atoms with Crippen LogP contribution in [0.2, 0.25) is 0 Å². The topological polar surface area (TPSA) is 97.3 Å². The average Bonchev–Trinajstić information content (AvgIpc) is 3.17. The zero-order valence-corrected chi connectivity index (χ0v) is 13.3. The first-order chi connectivity index (χ1) is 11.6. The van der Waals surface area contributed by atoms with Crippen LogP contribution in [0.5, 0.6) is 5.75 Å². The van der Waals surface area contributed by atoms with Gasteiger partial charge in [-0.3, -0.25) is 14.8 Å². The first-order valence-electron chi connectivity index (χ1n) is 7.63. The number of aromatic nitrogens is 2. The molecule has 1 aliphatic rings. The molecule has 126 valence electrons. The molecule has 24 heavy (non-hydrogen) atoms. The van der Waals surface area contributed by atoms with Crippen molar-refractivity contribution in [1.29, 1.82) is 0 Å². The number of methoxy groups -OCH3 is 1. The van der Waals surface area contributed by atoms with E-state index in [1.807, 2.05) is 24.3 Å². The van der Waals surface area contributed by atoms with E-state index in [0.29, 0.717) is 25.3 Å². The molecule has 8 nitrogen and oxygen atoms in total. The minimum absolute atomic E-state index is 0.0518. The summed E-state index contributed by atoms with van der Waals surface area (Å²) in [7, 11) is 1.63. The van der Waals surface area contributed by atoms with Crippen molar-refractivity contribution in [3.05, 3.63) is 42.1 Å². The van der Waals surface area contributed by atoms with Crippen molar-refractivity contribution in [3.8, 4) is 5.75 Å². The Balaban J connectivity index is 1.52. The first-order valence-corrected chi connectivity index (χ1v) is 7.63. The summed E-state index contributed by atoms with van der Waals surface area (Å²) in [5, 5.41) is 12.4. The lowest BCUT2D eigenvalue weighted by atomic mass is 10.2. The third-order valence-electron chi connectivity index (χ3n) is 3.70. The predicted octanol–water partition coefficient (Wildman–Crippen LogP) is 0.950. The number of nitrogens with one attached hydrogen (secondary N) is 3. The largest absolute Gasteiger partial charge is 0.497 e. The molecule has 2 heterocycles. The van der Waals surface area contributed by atoms with E-state index >= 15 is 0 Å². The smallest absolute Gasteiger partial charge is 0.320 e. The van der Waals surface area contributed by atoms with Crippen molar-refractivity contribution in [2.24, 2.45) is 0 Å². The number of hydrogen-bond donors (Lipinski definition) is 3. The maximum Gasteiger partial charge on any atom is 0.320 e. The number of benzene rings is 1. The van der Waals surface area contributed by atoms with Gasteiger partial charge in [-0.15, -0.1) is 0 Å². The Kier molecular flexibility index (Phi) is 4.64. The molecule has 2 aromatic rings. The maximum absolute atomic E-state index is 11.9. The van der Waals surface area contributed by atoms with Crippen molar-refractivity contribution in [2.75, 3.05) is 19.0 Å². The fourth-order valence-corrected chi connectivity index (χ4v) is 2.48. The van der Waals surface area contributed by atoms with Crippen LogP contribution in [0.4, 0.5) is 10.6 Å². The summed E-state index contributed by atoms with van der Waals surface area (Å²) in [4.78, 5) is 23.0. The van der Waals surface area contributed by atoms with E-state index in [9.17, 15) is 9.59 Å². The van der Waals surface area contributed by atoms with Gasteiger partial charge in [-0.1, -0.05) is 12.1 Å². The van der Waals surface area contributed by atoms with Gasteiger partial charge in [0.1, 0.15) is 5.75 Å². The average molecular weight is 329 g/mol. The minimum Gasteiger partial charge on any atom is -0.497 e. The van der Waals surface area contributed by atoms with E-state index in [4.69, 9.17) is 4.74 Å². The summed E-state index contributed by atoms with van der Waals surface area (Å²) < 4.78 is 6.86. The minimum atomic E-state index is -0.369. The number of urea groups is 1. The molecule has 0 saturated carbocycles. The van der Waals surface area contributed by atoms with Crippen LogP contribution in [0.3, 0.4) is 0 Å². The van der Waals surface area contributed by atoms with Gasteiger partial charge in [0, 0.05) is 25.2 Å². The Hall–Kier alpha value is -3.03. The van der Waals surface area contributed by atoms with Crippen LogP contribution in [-0.2, 0) is 11.3 Å². The zero-order chi connectivity index (χ0) is 16.9. The summed E-state index contributed by atoms with van der Waals surface area (Å²) in [6, 6.07) is 8.88. The molecule has 0 bridgehead atoms. The van der Waals surface area contributed by atoms with Crippen LogP contribution in [-0.4, -0.2) is 41.4 Å². The van der Waals surface area contributed by atoms with E-state index in [2.05, 4.69) is 21.0 Å². The van der Waals surface area contributed by atoms with Gasteiger partial charge >= 0.3 is 6.03 Å². The van der Waals surface area contributed by atoms with Gasteiger partial charge < -0.3 is 15.4 Å². The fourth-order valence-electron chi connectivity index (χ4n) is 2.48. The highest BCUT2D eigenvalue weighted by molar-refractivity contribution is 5.89. The Labute approximate surface area is 139 Å². The monoisotopic (exact) mass is 329 g/mol. The normalized spacial score (nSPS) is 16.5. The quantitative estimate of drug-likeness (QED) is 0.761. The van der Waals surface area contributed by atoms with E-state index < -0.39 is 0 Å². The number of carbonyl (C=O) groups excluding carboxylic acids is 2. The third kappa shape index (κ3) is 4.03. The molecule has 0 radical (unpaired) electrons. The van der Waals surface area contributed by atoms with Gasteiger partial charge in [0.25, 0.3) is 0 Å². The number of carbonyl (C=O) groups is 2. The first kappa shape index (κ1) is 15.9. The van der Waals surface area contributed by atoms with Crippen LogP contribution in [0, 0.1) is 0 Å². The lowest BCUT2D eigenvalue weighted by Crippen LogP contribution is -2.39. The summed E-state index contributed by atoms with van der Waals surface area (Å²) in [6.45, 7) is 1.05. The number of amides is 3. The second-order valence-electron chi connectivity index (χ2n) is 5.55. The van der Waals surface area contributed by atoms with Gasteiger partial charge in [-0.2, -0.15) is 5.10 Å². The molecular weight excluding hydrogens is 310 g/mol. The van der Waals surface area contributed by atoms with Crippen molar-refractivity contribution in [2.45, 2.75) is 19.0 Å². The predicted molar refractivity (Wildman–Crippen MR) is 87.9 cm³/mol. The summed E-state index contributed by atoms with van der Waals surface area (Å²) in [6.07, 6.45) is 2.10. The molecule has 0 spiro atoms. The van der Waals surface area contributed by atoms with E-state index in [1.54, 1.807) is 24.1 Å². The number of nitrogens with zero attached hydrogens (tertiary/aromatic N) is 2. The van der Waals surface area contributed by atoms with E-state index in [-0.39, 0.29) is 18.0 Å². The molecule has 0 aliphatic carbocycles. The molecule has 3 N–H and O–H groups in total. The van der Waals surface area contributed by atoms with Crippen LogP contribution < -0.4 is 20.7 Å². The van der Waals surface area contributed by atoms with Crippen LogP contribution >= 0.6 is 0 Å². The molecule has 1 fully saturated rings. The summed E-state index contributed by atoms with van der Waals surface area (Å²) in [5.41, 5.74) is 1.07. The fraction of sp³-hybridized carbons (Fsp3) is 0.312. The molecule has 1 unspecified atom stereocenters. The Morgan fingerprint density at radius 1 is 1.38 bits per heavy atom. The lowest BCUT2D eigenvalue weighted by Gasteiger charge is -2.10. The molecule has 3 amide bonds. The highest BCUT2D eigenvalue weighted by Crippen LogP contribution is 2.13. The van der Waals surface area contributed by atoms with Gasteiger partial charge in [-0.25, -0.2) is 4.79 Å². The van der Waals surface area contributed by atoms with Crippen molar-refractivity contribution >= 4 is 17.8 Å². The maximum atomic E-state index is 11.9. The van der Waals surface area contributed by atoms with Crippen LogP contribution in [0.1, 0.15) is 12.0 Å². The lowest BCUT2D eigenvalue weighted by molar-refractivity contribution is -0.119. The van der Waals surface area contributed by atoms with Crippen LogP contribution in [0.15, 0.2) is 36.5 Å². The molecule has 1 aliphatic heterocycles. The number of anilines is 1. The molecule has 3 rings (SSSR count). The Morgan fingerprint density at radius 2 is 2.17 bits per heavy atom. The van der Waals surface area contributed by atoms with Crippen molar-refractivity contribution in [3.63, 3.8) is 0 Å². The van der Waals surface area contributed by atoms with Gasteiger partial charge in [-0.05, 0) is 17.7 Å². The van der Waals surface area contributed by atoms with E-state index in [0.717, 1.165) is 11.3 Å². The molecule has 1 atom stereocenters. The molecule has 1 saturated heterocycles. The second kappa shape index (κ2) is 7.03. The number of rotatable bonds is 5. The van der Waals surface area contributed by atoms with Crippen LogP contribution in [0.25, 0.3) is 0 Å². The van der Waals surface area contributed by atoms with Crippen molar-refractivity contribution in [1.82, 2.24) is 20.4 Å². The molecular formula is C16H19N5O3. The van der Waals surface area contributed by atoms with Gasteiger partial charge in [0.2, 0.25) is 5.91 Å². The number of hydrogen-bond acceptors (Lipinski definition) is 4. The SMILES string of the molecule is COc1ccc(Cn2ccc(NC(=O)NC3CNC(=O)C3)n2)cc1. The molecule has 1 aromatic carbocycles. The Morgan fingerprint density at radius 3 is 2.83 bits per heavy atom. The zero-order valence-electron chi connectivity index (χ0n) is 13.3. The highest BCUT2D eigenvalue weighted by atomic mass is 16.5. The summed E-state index contributed by atoms with van der Waals surface area (Å²) in [5.74, 6) is 1.21. The highest BCUT2D eigenvalue weighted by Gasteiger charge is 2.22. The third-order valence-corrected chi connectivity index (χ3v) is 3.70. The standard InChI is InChI=1S/C16H19N5O3/c1-24-13-4-2-11(3-5-13)10-21-7-6-14(20-21)19-16(23)18-12-8-15(22)17-9-12/h2-7,12H,8-10H2,1H3,(H,17,22)(H2,18,19,20,23). The van der Waals surface area contributed by atoms with E-state index in [1.165, 1.54) is 0 Å².